The molecule has 0 aliphatic rings. The average molecular weight is 436 g/mol. The molecule has 0 aliphatic heterocycles. The molecular formula is C20H18ClNO6S. The van der Waals surface area contributed by atoms with Gasteiger partial charge in [-0.3, -0.25) is 4.31 Å². The highest BCUT2D eigenvalue weighted by atomic mass is 35.5. The minimum atomic E-state index is -4.00. The summed E-state index contributed by atoms with van der Waals surface area (Å²) in [5.74, 6) is -0.0503. The second-order valence-electron chi connectivity index (χ2n) is 5.89. The first-order chi connectivity index (χ1) is 13.9. The van der Waals surface area contributed by atoms with Gasteiger partial charge in [-0.15, -0.1) is 0 Å². The van der Waals surface area contributed by atoms with Gasteiger partial charge < -0.3 is 13.9 Å². The summed E-state index contributed by atoms with van der Waals surface area (Å²) in [6.45, 7) is -0.164. The van der Waals surface area contributed by atoms with Gasteiger partial charge in [0.2, 0.25) is 5.76 Å². The number of benzene rings is 2. The SMILES string of the molecule is COC(=O)c1ccc(CN(c2ccccc2OC)S(=O)(=O)c2ccc(Cl)cc2)o1. The first-order valence-corrected chi connectivity index (χ1v) is 10.3. The van der Waals surface area contributed by atoms with Crippen LogP contribution in [-0.2, 0) is 21.3 Å². The van der Waals surface area contributed by atoms with Crippen LogP contribution < -0.4 is 9.04 Å². The van der Waals surface area contributed by atoms with Crippen LogP contribution in [0.4, 0.5) is 5.69 Å². The normalized spacial score (nSPS) is 11.1. The molecule has 0 N–H and O–H groups in total. The van der Waals surface area contributed by atoms with Crippen molar-refractivity contribution in [2.24, 2.45) is 0 Å². The van der Waals surface area contributed by atoms with Crippen molar-refractivity contribution in [2.75, 3.05) is 18.5 Å². The molecule has 0 bridgehead atoms. The molecule has 3 rings (SSSR count). The van der Waals surface area contributed by atoms with Gasteiger partial charge in [0, 0.05) is 5.02 Å². The van der Waals surface area contributed by atoms with Crippen molar-refractivity contribution >= 4 is 33.3 Å². The number of sulfonamides is 1. The lowest BCUT2D eigenvalue weighted by Gasteiger charge is -2.25. The van der Waals surface area contributed by atoms with Crippen molar-refractivity contribution in [1.82, 2.24) is 0 Å². The average Bonchev–Trinajstić information content (AvgIpc) is 3.20. The van der Waals surface area contributed by atoms with Gasteiger partial charge in [0.1, 0.15) is 11.5 Å². The van der Waals surface area contributed by atoms with Crippen LogP contribution in [0, 0.1) is 0 Å². The maximum Gasteiger partial charge on any atom is 0.373 e. The van der Waals surface area contributed by atoms with E-state index in [-0.39, 0.29) is 23.0 Å². The molecule has 29 heavy (non-hydrogen) atoms. The van der Waals surface area contributed by atoms with Gasteiger partial charge in [-0.1, -0.05) is 23.7 Å². The number of carbonyl (C=O) groups is 1. The Morgan fingerprint density at radius 3 is 2.38 bits per heavy atom. The summed E-state index contributed by atoms with van der Waals surface area (Å²) in [6.07, 6.45) is 0. The van der Waals surface area contributed by atoms with E-state index in [4.69, 9.17) is 20.8 Å². The molecule has 0 saturated heterocycles. The maximum absolute atomic E-state index is 13.4. The van der Waals surface area contributed by atoms with E-state index >= 15 is 0 Å². The van der Waals surface area contributed by atoms with Crippen molar-refractivity contribution in [3.8, 4) is 5.75 Å². The Hall–Kier alpha value is -2.97. The summed E-state index contributed by atoms with van der Waals surface area (Å²) >= 11 is 5.89. The number of halogens is 1. The van der Waals surface area contributed by atoms with Crippen LogP contribution in [0.3, 0.4) is 0 Å². The van der Waals surface area contributed by atoms with Crippen LogP contribution in [-0.4, -0.2) is 28.6 Å². The van der Waals surface area contributed by atoms with Crippen LogP contribution in [0.2, 0.25) is 5.02 Å². The monoisotopic (exact) mass is 435 g/mol. The lowest BCUT2D eigenvalue weighted by atomic mass is 10.3. The topological polar surface area (TPSA) is 86.0 Å². The van der Waals surface area contributed by atoms with Crippen molar-refractivity contribution in [3.63, 3.8) is 0 Å². The summed E-state index contributed by atoms with van der Waals surface area (Å²) < 4.78 is 43.4. The Morgan fingerprint density at radius 1 is 1.03 bits per heavy atom. The quantitative estimate of drug-likeness (QED) is 0.519. The summed E-state index contributed by atoms with van der Waals surface area (Å²) in [6, 6.07) is 15.5. The number of methoxy groups -OCH3 is 2. The summed E-state index contributed by atoms with van der Waals surface area (Å²) in [5, 5.41) is 0.418. The van der Waals surface area contributed by atoms with Crippen molar-refractivity contribution in [1.29, 1.82) is 0 Å². The lowest BCUT2D eigenvalue weighted by molar-refractivity contribution is 0.0563. The molecule has 0 fully saturated rings. The van der Waals surface area contributed by atoms with Gasteiger partial charge >= 0.3 is 5.97 Å². The molecule has 0 radical (unpaired) electrons. The van der Waals surface area contributed by atoms with Gasteiger partial charge in [0.25, 0.3) is 10.0 Å². The highest BCUT2D eigenvalue weighted by Crippen LogP contribution is 2.34. The van der Waals surface area contributed by atoms with E-state index in [0.29, 0.717) is 16.5 Å². The van der Waals surface area contributed by atoms with Crippen molar-refractivity contribution in [3.05, 3.63) is 77.2 Å². The van der Waals surface area contributed by atoms with Crippen molar-refractivity contribution in [2.45, 2.75) is 11.4 Å². The molecule has 0 saturated carbocycles. The highest BCUT2D eigenvalue weighted by Gasteiger charge is 2.29. The minimum absolute atomic E-state index is 0.0219. The highest BCUT2D eigenvalue weighted by molar-refractivity contribution is 7.92. The molecule has 0 unspecified atom stereocenters. The number of anilines is 1. The largest absolute Gasteiger partial charge is 0.495 e. The van der Waals surface area contributed by atoms with E-state index in [1.807, 2.05) is 0 Å². The first-order valence-electron chi connectivity index (χ1n) is 8.45. The van der Waals surface area contributed by atoms with Crippen LogP contribution >= 0.6 is 11.6 Å². The fraction of sp³-hybridized carbons (Fsp3) is 0.150. The molecule has 7 nitrogen and oxygen atoms in total. The molecule has 0 spiro atoms. The number of esters is 1. The lowest BCUT2D eigenvalue weighted by Crippen LogP contribution is -2.30. The first kappa shape index (κ1) is 20.8. The number of para-hydroxylation sites is 2. The van der Waals surface area contributed by atoms with E-state index in [1.54, 1.807) is 24.3 Å². The second-order valence-corrected chi connectivity index (χ2v) is 8.19. The fourth-order valence-electron chi connectivity index (χ4n) is 2.68. The molecule has 1 aromatic heterocycles. The number of ether oxygens (including phenoxy) is 2. The number of hydrogen-bond acceptors (Lipinski definition) is 6. The molecule has 0 aliphatic carbocycles. The van der Waals surface area contributed by atoms with E-state index in [2.05, 4.69) is 4.74 Å². The summed E-state index contributed by atoms with van der Waals surface area (Å²) in [7, 11) is -1.31. The molecular weight excluding hydrogens is 418 g/mol. The van der Waals surface area contributed by atoms with E-state index < -0.39 is 16.0 Å². The zero-order chi connectivity index (χ0) is 21.0. The molecule has 0 amide bonds. The third kappa shape index (κ3) is 4.38. The number of carbonyl (C=O) groups excluding carboxylic acids is 1. The smallest absolute Gasteiger partial charge is 0.373 e. The summed E-state index contributed by atoms with van der Waals surface area (Å²) in [5.41, 5.74) is 0.320. The Kier molecular flexibility index (Phi) is 6.14. The summed E-state index contributed by atoms with van der Waals surface area (Å²) in [4.78, 5) is 11.7. The van der Waals surface area contributed by atoms with Crippen molar-refractivity contribution < 1.29 is 27.1 Å². The van der Waals surface area contributed by atoms with Crippen LogP contribution in [0.1, 0.15) is 16.3 Å². The van der Waals surface area contributed by atoms with E-state index in [0.717, 1.165) is 4.31 Å². The third-order valence-electron chi connectivity index (χ3n) is 4.10. The van der Waals surface area contributed by atoms with Crippen LogP contribution in [0.15, 0.2) is 70.0 Å². The zero-order valence-corrected chi connectivity index (χ0v) is 17.2. The van der Waals surface area contributed by atoms with Gasteiger partial charge in [-0.25, -0.2) is 13.2 Å². The van der Waals surface area contributed by atoms with E-state index in [1.165, 1.54) is 50.6 Å². The molecule has 1 heterocycles. The Bertz CT molecular complexity index is 1110. The standard InChI is InChI=1S/C20H18ClNO6S/c1-26-18-6-4-3-5-17(18)22(13-15-9-12-19(28-15)20(23)27-2)29(24,25)16-10-7-14(21)8-11-16/h3-12H,13H2,1-2H3. The van der Waals surface area contributed by atoms with Crippen LogP contribution in [0.25, 0.3) is 0 Å². The minimum Gasteiger partial charge on any atom is -0.495 e. The fourth-order valence-corrected chi connectivity index (χ4v) is 4.25. The Balaban J connectivity index is 2.08. The van der Waals surface area contributed by atoms with Gasteiger partial charge in [0.15, 0.2) is 0 Å². The van der Waals surface area contributed by atoms with Gasteiger partial charge in [-0.05, 0) is 48.5 Å². The number of furan rings is 1. The molecule has 9 heteroatoms. The number of nitrogens with zero attached hydrogens (tertiary/aromatic N) is 1. The van der Waals surface area contributed by atoms with E-state index in [9.17, 15) is 13.2 Å². The number of hydrogen-bond donors (Lipinski definition) is 0. The zero-order valence-electron chi connectivity index (χ0n) is 15.7. The third-order valence-corrected chi connectivity index (χ3v) is 6.13. The Labute approximate surface area is 173 Å². The Morgan fingerprint density at radius 2 is 1.72 bits per heavy atom. The molecule has 152 valence electrons. The van der Waals surface area contributed by atoms with Gasteiger partial charge in [0.05, 0.1) is 31.3 Å². The molecule has 0 atom stereocenters. The molecule has 3 aromatic rings. The predicted octanol–water partition coefficient (Wildman–Crippen LogP) is 4.12. The molecule has 2 aromatic carbocycles. The second kappa shape index (κ2) is 8.59. The maximum atomic E-state index is 13.4. The van der Waals surface area contributed by atoms with Gasteiger partial charge in [-0.2, -0.15) is 0 Å². The predicted molar refractivity (Wildman–Crippen MR) is 108 cm³/mol. The number of rotatable bonds is 7. The van der Waals surface area contributed by atoms with Crippen LogP contribution in [0.5, 0.6) is 5.75 Å².